The summed E-state index contributed by atoms with van der Waals surface area (Å²) in [6.07, 6.45) is 0.472. The number of hydrogen-bond donors (Lipinski definition) is 4. The number of halogens is 1. The summed E-state index contributed by atoms with van der Waals surface area (Å²) in [5, 5.41) is 16.1. The number of carbonyl (C=O) groups is 1. The lowest BCUT2D eigenvalue weighted by atomic mass is 10.1. The third-order valence-electron chi connectivity index (χ3n) is 4.34. The molecule has 0 bridgehead atoms. The average molecular weight is 478 g/mol. The van der Waals surface area contributed by atoms with Crippen LogP contribution in [0.1, 0.15) is 11.7 Å². The largest absolute Gasteiger partial charge is 0.417 e. The number of amides is 1. The van der Waals surface area contributed by atoms with Crippen LogP contribution in [0.25, 0.3) is 0 Å². The van der Waals surface area contributed by atoms with Gasteiger partial charge in [0.1, 0.15) is 0 Å². The van der Waals surface area contributed by atoms with Crippen molar-refractivity contribution in [3.05, 3.63) is 81.7 Å². The lowest BCUT2D eigenvalue weighted by Gasteiger charge is -2.15. The molecule has 0 unspecified atom stereocenters. The first-order chi connectivity index (χ1) is 15.1. The number of aliphatic hydroxyl groups excluding tert-OH is 1. The Morgan fingerprint density at radius 3 is 2.66 bits per heavy atom. The number of hydrogen-bond acceptors (Lipinski definition) is 7. The van der Waals surface area contributed by atoms with Crippen LogP contribution in [0.3, 0.4) is 0 Å². The number of benzene rings is 2. The maximum Gasteiger partial charge on any atom is 0.417 e. The van der Waals surface area contributed by atoms with Gasteiger partial charge in [-0.05, 0) is 42.0 Å². The zero-order valence-electron chi connectivity index (χ0n) is 16.8. The summed E-state index contributed by atoms with van der Waals surface area (Å²) in [5.41, 5.74) is 0.249. The number of nitrogens with one attached hydrogen (secondary N) is 3. The van der Waals surface area contributed by atoms with Crippen molar-refractivity contribution >= 4 is 38.9 Å². The van der Waals surface area contributed by atoms with Gasteiger partial charge in [-0.25, -0.2) is 13.2 Å². The van der Waals surface area contributed by atoms with Crippen LogP contribution in [0.4, 0.5) is 16.2 Å². The summed E-state index contributed by atoms with van der Waals surface area (Å²) in [6.45, 7) is 0.0121. The van der Waals surface area contributed by atoms with Crippen LogP contribution in [-0.2, 0) is 9.84 Å². The van der Waals surface area contributed by atoms with E-state index in [4.69, 9.17) is 16.3 Å². The van der Waals surface area contributed by atoms with Crippen molar-refractivity contribution in [2.24, 2.45) is 0 Å². The summed E-state index contributed by atoms with van der Waals surface area (Å²) in [6, 6.07) is 13.8. The van der Waals surface area contributed by atoms with E-state index >= 15 is 0 Å². The van der Waals surface area contributed by atoms with Crippen LogP contribution < -0.4 is 20.9 Å². The molecule has 0 fully saturated rings. The number of aromatic nitrogens is 1. The minimum Gasteiger partial charge on any atom is -0.402 e. The van der Waals surface area contributed by atoms with Gasteiger partial charge in [-0.3, -0.25) is 10.1 Å². The van der Waals surface area contributed by atoms with Crippen molar-refractivity contribution in [1.82, 2.24) is 4.98 Å². The van der Waals surface area contributed by atoms with E-state index in [1.165, 1.54) is 36.5 Å². The highest BCUT2D eigenvalue weighted by Gasteiger charge is 2.16. The van der Waals surface area contributed by atoms with Crippen molar-refractivity contribution in [1.29, 1.82) is 0 Å². The molecular weight excluding hydrogens is 458 g/mol. The molecule has 168 valence electrons. The number of anilines is 2. The minimum absolute atomic E-state index is 0.0121. The molecule has 1 atom stereocenters. The lowest BCUT2D eigenvalue weighted by Crippen LogP contribution is -2.23. The van der Waals surface area contributed by atoms with Crippen LogP contribution in [-0.4, -0.2) is 37.4 Å². The Hall–Kier alpha value is -3.34. The molecule has 4 N–H and O–H groups in total. The molecule has 3 aromatic rings. The van der Waals surface area contributed by atoms with Crippen LogP contribution in [0.5, 0.6) is 5.75 Å². The summed E-state index contributed by atoms with van der Waals surface area (Å²) >= 11 is 5.94. The molecule has 32 heavy (non-hydrogen) atoms. The number of H-pyrrole nitrogens is 1. The first-order valence-electron chi connectivity index (χ1n) is 9.31. The Morgan fingerprint density at radius 1 is 1.19 bits per heavy atom. The fourth-order valence-corrected chi connectivity index (χ4v) is 3.65. The maximum atomic E-state index is 12.3. The summed E-state index contributed by atoms with van der Waals surface area (Å²) < 4.78 is 28.5. The third kappa shape index (κ3) is 6.10. The third-order valence-corrected chi connectivity index (χ3v) is 5.68. The van der Waals surface area contributed by atoms with E-state index in [9.17, 15) is 23.1 Å². The molecule has 1 heterocycles. The topological polar surface area (TPSA) is 138 Å². The van der Waals surface area contributed by atoms with Crippen LogP contribution in [0.2, 0.25) is 5.02 Å². The summed E-state index contributed by atoms with van der Waals surface area (Å²) in [7, 11) is -3.46. The molecule has 0 radical (unpaired) electrons. The second kappa shape index (κ2) is 9.86. The van der Waals surface area contributed by atoms with Gasteiger partial charge in [0, 0.05) is 29.7 Å². The number of aliphatic hydroxyl groups is 1. The molecule has 2 aromatic carbocycles. The van der Waals surface area contributed by atoms with E-state index < -0.39 is 27.6 Å². The normalized spacial score (nSPS) is 12.1. The molecule has 1 aromatic heterocycles. The standard InChI is InChI=1S/C21H20ClN3O6S/c1-32(29,30)16-7-3-6-15(11-16)25-21(28)31-19-17(8-9-23-20(19)27)24-12-18(26)13-4-2-5-14(22)10-13/h2-11,18,26H,12H2,1H3,(H,25,28)(H2,23,24,27)/t18-/m1/s1. The van der Waals surface area contributed by atoms with E-state index in [1.807, 2.05) is 0 Å². The number of ether oxygens (including phenoxy) is 1. The van der Waals surface area contributed by atoms with Gasteiger partial charge in [-0.1, -0.05) is 29.8 Å². The predicted molar refractivity (Wildman–Crippen MR) is 121 cm³/mol. The molecule has 9 nitrogen and oxygen atoms in total. The van der Waals surface area contributed by atoms with E-state index in [2.05, 4.69) is 15.6 Å². The van der Waals surface area contributed by atoms with E-state index in [0.29, 0.717) is 10.6 Å². The molecule has 0 aliphatic carbocycles. The number of aromatic amines is 1. The van der Waals surface area contributed by atoms with Crippen LogP contribution >= 0.6 is 11.6 Å². The van der Waals surface area contributed by atoms with Gasteiger partial charge in [0.2, 0.25) is 5.75 Å². The highest BCUT2D eigenvalue weighted by molar-refractivity contribution is 7.90. The summed E-state index contributed by atoms with van der Waals surface area (Å²) in [4.78, 5) is 27.0. The molecule has 11 heteroatoms. The number of sulfone groups is 1. The van der Waals surface area contributed by atoms with Gasteiger partial charge >= 0.3 is 6.09 Å². The Labute approximate surface area is 188 Å². The number of rotatable bonds is 7. The molecule has 0 aliphatic rings. The SMILES string of the molecule is CS(=O)(=O)c1cccc(NC(=O)Oc2c(NC[C@@H](O)c3cccc(Cl)c3)cc[nH]c2=O)c1. The molecular formula is C21H20ClN3O6S. The van der Waals surface area contributed by atoms with Gasteiger partial charge in [0.05, 0.1) is 16.7 Å². The smallest absolute Gasteiger partial charge is 0.402 e. The van der Waals surface area contributed by atoms with Crippen molar-refractivity contribution in [3.8, 4) is 5.75 Å². The molecule has 0 saturated heterocycles. The molecule has 3 rings (SSSR count). The maximum absolute atomic E-state index is 12.3. The van der Waals surface area contributed by atoms with Gasteiger partial charge in [-0.2, -0.15) is 0 Å². The first-order valence-corrected chi connectivity index (χ1v) is 11.6. The lowest BCUT2D eigenvalue weighted by molar-refractivity contribution is 0.191. The Morgan fingerprint density at radius 2 is 1.94 bits per heavy atom. The average Bonchev–Trinajstić information content (AvgIpc) is 2.73. The second-order valence-corrected chi connectivity index (χ2v) is 9.27. The van der Waals surface area contributed by atoms with Gasteiger partial charge in [0.25, 0.3) is 5.56 Å². The highest BCUT2D eigenvalue weighted by Crippen LogP contribution is 2.23. The quantitative estimate of drug-likeness (QED) is 0.410. The molecule has 0 spiro atoms. The molecule has 0 saturated carbocycles. The van der Waals surface area contributed by atoms with Crippen LogP contribution in [0, 0.1) is 0 Å². The molecule has 0 aliphatic heterocycles. The van der Waals surface area contributed by atoms with Crippen LogP contribution in [0.15, 0.2) is 70.5 Å². The van der Waals surface area contributed by atoms with Crippen molar-refractivity contribution in [3.63, 3.8) is 0 Å². The zero-order valence-corrected chi connectivity index (χ0v) is 18.4. The Kier molecular flexibility index (Phi) is 7.18. The molecule has 1 amide bonds. The van der Waals surface area contributed by atoms with E-state index in [-0.39, 0.29) is 28.6 Å². The van der Waals surface area contributed by atoms with E-state index in [0.717, 1.165) is 6.26 Å². The fraction of sp³-hybridized carbons (Fsp3) is 0.143. The Bertz CT molecular complexity index is 1290. The minimum atomic E-state index is -3.46. The highest BCUT2D eigenvalue weighted by atomic mass is 35.5. The fourth-order valence-electron chi connectivity index (χ4n) is 2.78. The van der Waals surface area contributed by atoms with Gasteiger partial charge in [-0.15, -0.1) is 0 Å². The van der Waals surface area contributed by atoms with Gasteiger partial charge < -0.3 is 20.1 Å². The number of carbonyl (C=O) groups excluding carboxylic acids is 1. The second-order valence-electron chi connectivity index (χ2n) is 6.82. The first kappa shape index (κ1) is 23.3. The Balaban J connectivity index is 1.72. The van der Waals surface area contributed by atoms with E-state index in [1.54, 1.807) is 24.3 Å². The van der Waals surface area contributed by atoms with Crippen molar-refractivity contribution in [2.45, 2.75) is 11.0 Å². The number of pyridine rings is 1. The zero-order chi connectivity index (χ0) is 23.3. The van der Waals surface area contributed by atoms with Crippen molar-refractivity contribution in [2.75, 3.05) is 23.4 Å². The van der Waals surface area contributed by atoms with Crippen molar-refractivity contribution < 1.29 is 23.1 Å². The van der Waals surface area contributed by atoms with Gasteiger partial charge in [0.15, 0.2) is 9.84 Å². The monoisotopic (exact) mass is 477 g/mol. The summed E-state index contributed by atoms with van der Waals surface area (Å²) in [5.74, 6) is -0.317. The predicted octanol–water partition coefficient (Wildman–Crippen LogP) is 3.19.